The van der Waals surface area contributed by atoms with Crippen LogP contribution in [0.3, 0.4) is 0 Å². The smallest absolute Gasteiger partial charge is 0.239 e. The molecule has 2 aromatic rings. The molecule has 2 aromatic carbocycles. The Hall–Kier alpha value is -2.14. The molecule has 2 N–H and O–H groups in total. The van der Waals surface area contributed by atoms with Crippen LogP contribution in [0.1, 0.15) is 18.5 Å². The van der Waals surface area contributed by atoms with Gasteiger partial charge in [-0.05, 0) is 36.8 Å². The second-order valence-electron chi connectivity index (χ2n) is 4.80. The van der Waals surface area contributed by atoms with Crippen LogP contribution in [-0.2, 0) is 4.79 Å². The molecule has 0 radical (unpaired) electrons. The zero-order valence-corrected chi connectivity index (χ0v) is 12.6. The Morgan fingerprint density at radius 2 is 1.91 bits per heavy atom. The summed E-state index contributed by atoms with van der Waals surface area (Å²) in [6, 6.07) is 10.2. The summed E-state index contributed by atoms with van der Waals surface area (Å²) in [5.41, 5.74) is 1.14. The third kappa shape index (κ3) is 4.18. The third-order valence-corrected chi connectivity index (χ3v) is 3.46. The molecule has 22 heavy (non-hydrogen) atoms. The molecular weight excluding hydrogens is 310 g/mol. The summed E-state index contributed by atoms with van der Waals surface area (Å²) in [7, 11) is 0. The van der Waals surface area contributed by atoms with Gasteiger partial charge in [0.15, 0.2) is 11.6 Å². The van der Waals surface area contributed by atoms with Gasteiger partial charge in [0, 0.05) is 0 Å². The number of halogens is 3. The molecule has 0 aromatic heterocycles. The van der Waals surface area contributed by atoms with Gasteiger partial charge in [0.2, 0.25) is 5.91 Å². The normalized spacial score (nSPS) is 11.8. The lowest BCUT2D eigenvalue weighted by Gasteiger charge is -2.15. The number of amides is 1. The zero-order chi connectivity index (χ0) is 16.1. The highest BCUT2D eigenvalue weighted by atomic mass is 35.5. The molecule has 0 aliphatic carbocycles. The maximum absolute atomic E-state index is 13.2. The van der Waals surface area contributed by atoms with E-state index in [0.29, 0.717) is 16.3 Å². The molecule has 0 fully saturated rings. The highest BCUT2D eigenvalue weighted by Crippen LogP contribution is 2.20. The van der Waals surface area contributed by atoms with Gasteiger partial charge in [0.25, 0.3) is 0 Å². The number of carbonyl (C=O) groups excluding carboxylic acids is 1. The van der Waals surface area contributed by atoms with Crippen molar-refractivity contribution in [3.63, 3.8) is 0 Å². The van der Waals surface area contributed by atoms with Crippen molar-refractivity contribution in [1.82, 2.24) is 5.32 Å². The largest absolute Gasteiger partial charge is 0.375 e. The first-order valence-electron chi connectivity index (χ1n) is 6.70. The van der Waals surface area contributed by atoms with Crippen LogP contribution in [0, 0.1) is 11.6 Å². The highest BCUT2D eigenvalue weighted by Gasteiger charge is 2.12. The Kier molecular flexibility index (Phi) is 5.33. The summed E-state index contributed by atoms with van der Waals surface area (Å²) in [4.78, 5) is 11.9. The van der Waals surface area contributed by atoms with E-state index in [1.54, 1.807) is 31.2 Å². The summed E-state index contributed by atoms with van der Waals surface area (Å²) in [6.45, 7) is 1.72. The van der Waals surface area contributed by atoms with Gasteiger partial charge >= 0.3 is 0 Å². The monoisotopic (exact) mass is 324 g/mol. The van der Waals surface area contributed by atoms with Gasteiger partial charge in [-0.15, -0.1) is 0 Å². The van der Waals surface area contributed by atoms with Crippen molar-refractivity contribution in [1.29, 1.82) is 0 Å². The third-order valence-electron chi connectivity index (χ3n) is 3.13. The van der Waals surface area contributed by atoms with Gasteiger partial charge < -0.3 is 10.6 Å². The van der Waals surface area contributed by atoms with Gasteiger partial charge in [-0.25, -0.2) is 8.78 Å². The lowest BCUT2D eigenvalue weighted by Crippen LogP contribution is -2.32. The Labute approximate surface area is 132 Å². The van der Waals surface area contributed by atoms with Crippen molar-refractivity contribution in [2.24, 2.45) is 0 Å². The minimum Gasteiger partial charge on any atom is -0.375 e. The number of hydrogen-bond acceptors (Lipinski definition) is 2. The molecule has 1 atom stereocenters. The average molecular weight is 325 g/mol. The van der Waals surface area contributed by atoms with E-state index in [0.717, 1.165) is 12.1 Å². The van der Waals surface area contributed by atoms with Crippen LogP contribution in [0.4, 0.5) is 14.5 Å². The fourth-order valence-electron chi connectivity index (χ4n) is 1.94. The molecule has 0 spiro atoms. The molecule has 0 aliphatic rings. The van der Waals surface area contributed by atoms with Crippen LogP contribution in [0.5, 0.6) is 0 Å². The van der Waals surface area contributed by atoms with Crippen molar-refractivity contribution in [2.45, 2.75) is 13.0 Å². The Balaban J connectivity index is 1.91. The minimum atomic E-state index is -0.937. The molecule has 0 saturated heterocycles. The number of hydrogen-bond donors (Lipinski definition) is 2. The molecule has 0 aliphatic heterocycles. The molecule has 0 saturated carbocycles. The maximum atomic E-state index is 13.2. The molecule has 0 heterocycles. The van der Waals surface area contributed by atoms with Gasteiger partial charge in [-0.1, -0.05) is 29.8 Å². The number of carbonyl (C=O) groups is 1. The fraction of sp³-hybridized carbons (Fsp3) is 0.188. The number of anilines is 1. The van der Waals surface area contributed by atoms with E-state index in [9.17, 15) is 13.6 Å². The van der Waals surface area contributed by atoms with Crippen molar-refractivity contribution in [3.05, 3.63) is 64.7 Å². The second-order valence-corrected chi connectivity index (χ2v) is 5.20. The minimum absolute atomic E-state index is 0.0255. The van der Waals surface area contributed by atoms with Gasteiger partial charge in [0.1, 0.15) is 0 Å². The summed E-state index contributed by atoms with van der Waals surface area (Å²) < 4.78 is 26.1. The molecule has 0 bridgehead atoms. The topological polar surface area (TPSA) is 41.1 Å². The highest BCUT2D eigenvalue weighted by molar-refractivity contribution is 6.33. The van der Waals surface area contributed by atoms with Crippen LogP contribution in [-0.4, -0.2) is 12.5 Å². The van der Waals surface area contributed by atoms with Crippen LogP contribution in [0.25, 0.3) is 0 Å². The summed E-state index contributed by atoms with van der Waals surface area (Å²) in [6.07, 6.45) is 0. The lowest BCUT2D eigenvalue weighted by molar-refractivity contribution is -0.120. The van der Waals surface area contributed by atoms with E-state index in [1.807, 2.05) is 0 Å². The predicted octanol–water partition coefficient (Wildman–Crippen LogP) is 3.91. The predicted molar refractivity (Wildman–Crippen MR) is 82.9 cm³/mol. The summed E-state index contributed by atoms with van der Waals surface area (Å²) >= 11 is 5.97. The average Bonchev–Trinajstić information content (AvgIpc) is 2.49. The SMILES string of the molecule is CC(NC(=O)CNc1ccccc1Cl)c1ccc(F)c(F)c1. The van der Waals surface area contributed by atoms with Gasteiger partial charge in [-0.3, -0.25) is 4.79 Å². The van der Waals surface area contributed by atoms with E-state index < -0.39 is 17.7 Å². The van der Waals surface area contributed by atoms with Crippen molar-refractivity contribution < 1.29 is 13.6 Å². The number of para-hydroxylation sites is 1. The first-order chi connectivity index (χ1) is 10.5. The summed E-state index contributed by atoms with van der Waals surface area (Å²) in [5.74, 6) is -2.13. The Morgan fingerprint density at radius 1 is 1.18 bits per heavy atom. The Morgan fingerprint density at radius 3 is 2.59 bits per heavy atom. The first kappa shape index (κ1) is 16.2. The zero-order valence-electron chi connectivity index (χ0n) is 11.9. The molecule has 1 unspecified atom stereocenters. The van der Waals surface area contributed by atoms with E-state index >= 15 is 0 Å². The molecule has 6 heteroatoms. The van der Waals surface area contributed by atoms with Crippen LogP contribution in [0.2, 0.25) is 5.02 Å². The van der Waals surface area contributed by atoms with E-state index in [4.69, 9.17) is 11.6 Å². The standard InChI is InChI=1S/C16H15ClF2N2O/c1-10(11-6-7-13(18)14(19)8-11)21-16(22)9-20-15-5-3-2-4-12(15)17/h2-8,10,20H,9H2,1H3,(H,21,22). The van der Waals surface area contributed by atoms with Crippen LogP contribution < -0.4 is 10.6 Å². The molecule has 3 nitrogen and oxygen atoms in total. The van der Waals surface area contributed by atoms with Crippen LogP contribution >= 0.6 is 11.6 Å². The Bertz CT molecular complexity index is 679. The number of nitrogens with one attached hydrogen (secondary N) is 2. The van der Waals surface area contributed by atoms with Gasteiger partial charge in [-0.2, -0.15) is 0 Å². The van der Waals surface area contributed by atoms with Crippen molar-refractivity contribution in [2.75, 3.05) is 11.9 Å². The van der Waals surface area contributed by atoms with Crippen molar-refractivity contribution >= 4 is 23.2 Å². The lowest BCUT2D eigenvalue weighted by atomic mass is 10.1. The number of rotatable bonds is 5. The first-order valence-corrected chi connectivity index (χ1v) is 7.08. The quantitative estimate of drug-likeness (QED) is 0.875. The maximum Gasteiger partial charge on any atom is 0.239 e. The van der Waals surface area contributed by atoms with E-state index in [2.05, 4.69) is 10.6 Å². The molecule has 2 rings (SSSR count). The van der Waals surface area contributed by atoms with Crippen LogP contribution in [0.15, 0.2) is 42.5 Å². The molecule has 1 amide bonds. The van der Waals surface area contributed by atoms with E-state index in [-0.39, 0.29) is 12.5 Å². The second kappa shape index (κ2) is 7.22. The number of benzene rings is 2. The molecule has 116 valence electrons. The van der Waals surface area contributed by atoms with Gasteiger partial charge in [0.05, 0.1) is 23.3 Å². The summed E-state index contributed by atoms with van der Waals surface area (Å²) in [5, 5.41) is 6.13. The van der Waals surface area contributed by atoms with E-state index in [1.165, 1.54) is 6.07 Å². The van der Waals surface area contributed by atoms with Crippen molar-refractivity contribution in [3.8, 4) is 0 Å². The molecular formula is C16H15ClF2N2O. The fourth-order valence-corrected chi connectivity index (χ4v) is 2.14.